The van der Waals surface area contributed by atoms with E-state index in [9.17, 15) is 0 Å². The van der Waals surface area contributed by atoms with Crippen LogP contribution in [0, 0.1) is 0 Å². The molecule has 0 N–H and O–H groups in total. The Morgan fingerprint density at radius 1 is 1.32 bits per heavy atom. The fourth-order valence-electron chi connectivity index (χ4n) is 3.03. The van der Waals surface area contributed by atoms with Gasteiger partial charge in [-0.05, 0) is 50.7 Å². The van der Waals surface area contributed by atoms with Gasteiger partial charge in [0, 0.05) is 6.61 Å². The highest BCUT2D eigenvalue weighted by Crippen LogP contribution is 2.25. The summed E-state index contributed by atoms with van der Waals surface area (Å²) in [7, 11) is -0.324. The van der Waals surface area contributed by atoms with Crippen LogP contribution < -0.4 is 5.46 Å². The van der Waals surface area contributed by atoms with Crippen molar-refractivity contribution in [3.8, 4) is 0 Å². The summed E-state index contributed by atoms with van der Waals surface area (Å²) in [6, 6.07) is 6.05. The Labute approximate surface area is 129 Å². The van der Waals surface area contributed by atoms with Crippen LogP contribution in [0.5, 0.6) is 0 Å². The van der Waals surface area contributed by atoms with Crippen LogP contribution in [0.2, 0.25) is 0 Å². The molecule has 4 rings (SSSR count). The van der Waals surface area contributed by atoms with Gasteiger partial charge in [-0.25, -0.2) is 4.68 Å². The largest absolute Gasteiger partial charge is 0.494 e. The molecule has 0 radical (unpaired) electrons. The van der Waals surface area contributed by atoms with E-state index in [1.54, 1.807) is 0 Å². The lowest BCUT2D eigenvalue weighted by atomic mass is 9.79. The zero-order valence-electron chi connectivity index (χ0n) is 13.0. The van der Waals surface area contributed by atoms with Crippen LogP contribution in [-0.4, -0.2) is 40.9 Å². The number of benzene rings is 1. The first kappa shape index (κ1) is 14.2. The molecule has 0 bridgehead atoms. The van der Waals surface area contributed by atoms with Crippen molar-refractivity contribution in [2.45, 2.75) is 44.9 Å². The molecule has 2 saturated heterocycles. The summed E-state index contributed by atoms with van der Waals surface area (Å²) in [6.45, 7) is 5.45. The lowest BCUT2D eigenvalue weighted by Gasteiger charge is -2.22. The Hall–Kier alpha value is -1.44. The molecule has 116 valence electrons. The smallest absolute Gasteiger partial charge is 0.404 e. The average molecular weight is 301 g/mol. The maximum Gasteiger partial charge on any atom is 0.494 e. The molecule has 2 aliphatic rings. The van der Waals surface area contributed by atoms with Gasteiger partial charge in [0.25, 0.3) is 0 Å². The van der Waals surface area contributed by atoms with E-state index in [0.717, 1.165) is 35.9 Å². The fourth-order valence-corrected chi connectivity index (χ4v) is 3.03. The number of fused-ring (bicyclic) bond motifs is 1. The van der Waals surface area contributed by atoms with Crippen LogP contribution in [0.4, 0.5) is 0 Å². The Bertz CT molecular complexity index is 682. The first-order chi connectivity index (χ1) is 10.6. The van der Waals surface area contributed by atoms with Crippen molar-refractivity contribution in [3.63, 3.8) is 0 Å². The minimum absolute atomic E-state index is 0.00233. The first-order valence-electron chi connectivity index (χ1n) is 7.88. The van der Waals surface area contributed by atoms with E-state index in [4.69, 9.17) is 14.0 Å². The molecular weight excluding hydrogens is 281 g/mol. The Balaban J connectivity index is 1.62. The zero-order chi connectivity index (χ0) is 15.2. The third-order valence-electron chi connectivity index (χ3n) is 4.20. The molecule has 22 heavy (non-hydrogen) atoms. The zero-order valence-corrected chi connectivity index (χ0v) is 13.0. The van der Waals surface area contributed by atoms with Crippen LogP contribution in [0.15, 0.2) is 18.2 Å². The van der Waals surface area contributed by atoms with Gasteiger partial charge in [-0.1, -0.05) is 11.3 Å². The van der Waals surface area contributed by atoms with Crippen LogP contribution in [0.3, 0.4) is 0 Å². The minimum atomic E-state index is -0.324. The Morgan fingerprint density at radius 2 is 2.23 bits per heavy atom. The average Bonchev–Trinajstić information content (AvgIpc) is 3.10. The SMILES string of the molecule is CC1(C)COB(c2ccc3c(c2)nnn3C2CCCCO2)O1. The number of hydrogen-bond acceptors (Lipinski definition) is 5. The second-order valence-corrected chi connectivity index (χ2v) is 6.62. The lowest BCUT2D eigenvalue weighted by Crippen LogP contribution is -2.34. The van der Waals surface area contributed by atoms with Crippen molar-refractivity contribution < 1.29 is 14.0 Å². The number of nitrogens with zero attached hydrogens (tertiary/aromatic N) is 3. The van der Waals surface area contributed by atoms with E-state index in [1.807, 2.05) is 36.7 Å². The summed E-state index contributed by atoms with van der Waals surface area (Å²) in [5, 5.41) is 8.56. The predicted octanol–water partition coefficient (Wildman–Crippen LogP) is 1.65. The second kappa shape index (κ2) is 5.33. The monoisotopic (exact) mass is 301 g/mol. The minimum Gasteiger partial charge on any atom is -0.404 e. The molecule has 0 spiro atoms. The van der Waals surface area contributed by atoms with Crippen molar-refractivity contribution in [1.82, 2.24) is 15.0 Å². The molecule has 7 heteroatoms. The van der Waals surface area contributed by atoms with E-state index < -0.39 is 0 Å². The van der Waals surface area contributed by atoms with Crippen molar-refractivity contribution in [1.29, 1.82) is 0 Å². The molecule has 1 aromatic carbocycles. The number of ether oxygens (including phenoxy) is 1. The molecule has 0 aliphatic carbocycles. The van der Waals surface area contributed by atoms with Gasteiger partial charge in [-0.2, -0.15) is 0 Å². The summed E-state index contributed by atoms with van der Waals surface area (Å²) in [4.78, 5) is 0. The number of rotatable bonds is 2. The van der Waals surface area contributed by atoms with Crippen LogP contribution in [0.25, 0.3) is 11.0 Å². The molecular formula is C15H20BN3O3. The predicted molar refractivity (Wildman–Crippen MR) is 82.9 cm³/mol. The van der Waals surface area contributed by atoms with Crippen LogP contribution >= 0.6 is 0 Å². The summed E-state index contributed by atoms with van der Waals surface area (Å²) in [5.74, 6) is 0. The van der Waals surface area contributed by atoms with Gasteiger partial charge in [-0.15, -0.1) is 5.10 Å². The highest BCUT2D eigenvalue weighted by molar-refractivity contribution is 6.62. The summed E-state index contributed by atoms with van der Waals surface area (Å²) in [5.41, 5.74) is 2.58. The molecule has 0 saturated carbocycles. The van der Waals surface area contributed by atoms with E-state index in [2.05, 4.69) is 10.3 Å². The molecule has 2 aromatic rings. The third-order valence-corrected chi connectivity index (χ3v) is 4.20. The van der Waals surface area contributed by atoms with E-state index in [0.29, 0.717) is 6.61 Å². The van der Waals surface area contributed by atoms with Crippen LogP contribution in [-0.2, 0) is 14.0 Å². The molecule has 0 amide bonds. The van der Waals surface area contributed by atoms with Gasteiger partial charge < -0.3 is 14.0 Å². The summed E-state index contributed by atoms with van der Waals surface area (Å²) >= 11 is 0. The molecule has 6 nitrogen and oxygen atoms in total. The molecule has 1 unspecified atom stereocenters. The van der Waals surface area contributed by atoms with Gasteiger partial charge in [0.15, 0.2) is 6.23 Å². The number of aromatic nitrogens is 3. The summed E-state index contributed by atoms with van der Waals surface area (Å²) in [6.07, 6.45) is 3.29. The lowest BCUT2D eigenvalue weighted by molar-refractivity contribution is -0.0377. The van der Waals surface area contributed by atoms with Crippen LogP contribution in [0.1, 0.15) is 39.3 Å². The van der Waals surface area contributed by atoms with E-state index in [-0.39, 0.29) is 18.9 Å². The highest BCUT2D eigenvalue weighted by atomic mass is 16.7. The molecule has 2 aliphatic heterocycles. The molecule has 2 fully saturated rings. The maximum absolute atomic E-state index is 5.90. The van der Waals surface area contributed by atoms with Crippen molar-refractivity contribution >= 4 is 23.6 Å². The first-order valence-corrected chi connectivity index (χ1v) is 7.88. The highest BCUT2D eigenvalue weighted by Gasteiger charge is 2.38. The summed E-state index contributed by atoms with van der Waals surface area (Å²) < 4.78 is 19.3. The quantitative estimate of drug-likeness (QED) is 0.789. The normalized spacial score (nSPS) is 25.0. The van der Waals surface area contributed by atoms with Crippen molar-refractivity contribution in [2.75, 3.05) is 13.2 Å². The van der Waals surface area contributed by atoms with E-state index in [1.165, 1.54) is 6.42 Å². The van der Waals surface area contributed by atoms with Gasteiger partial charge in [0.1, 0.15) is 5.52 Å². The van der Waals surface area contributed by atoms with Gasteiger partial charge in [-0.3, -0.25) is 0 Å². The fraction of sp³-hybridized carbons (Fsp3) is 0.600. The maximum atomic E-state index is 5.90. The molecule has 1 aromatic heterocycles. The standard InChI is InChI=1S/C15H20BN3O3/c1-15(2)10-21-16(22-15)11-6-7-13-12(9-11)17-18-19(13)14-5-3-4-8-20-14/h6-7,9,14H,3-5,8,10H2,1-2H3. The topological polar surface area (TPSA) is 58.4 Å². The van der Waals surface area contributed by atoms with Gasteiger partial charge in [0.05, 0.1) is 17.7 Å². The number of hydrogen-bond donors (Lipinski definition) is 0. The van der Waals surface area contributed by atoms with Crippen molar-refractivity contribution in [3.05, 3.63) is 18.2 Å². The second-order valence-electron chi connectivity index (χ2n) is 6.62. The van der Waals surface area contributed by atoms with E-state index >= 15 is 0 Å². The van der Waals surface area contributed by atoms with Gasteiger partial charge in [0.2, 0.25) is 0 Å². The molecule has 1 atom stereocenters. The third kappa shape index (κ3) is 2.53. The molecule has 3 heterocycles. The van der Waals surface area contributed by atoms with Gasteiger partial charge >= 0.3 is 7.12 Å². The Morgan fingerprint density at radius 3 is 2.95 bits per heavy atom. The van der Waals surface area contributed by atoms with Crippen molar-refractivity contribution in [2.24, 2.45) is 0 Å². The Kier molecular flexibility index (Phi) is 3.44.